The van der Waals surface area contributed by atoms with Crippen LogP contribution in [-0.4, -0.2) is 6.54 Å². The predicted molar refractivity (Wildman–Crippen MR) is 63.9 cm³/mol. The van der Waals surface area contributed by atoms with Crippen LogP contribution in [-0.2, 0) is 6.42 Å². The van der Waals surface area contributed by atoms with Crippen molar-refractivity contribution in [3.63, 3.8) is 0 Å². The van der Waals surface area contributed by atoms with Gasteiger partial charge in [-0.1, -0.05) is 18.2 Å². The van der Waals surface area contributed by atoms with E-state index in [0.29, 0.717) is 0 Å². The zero-order valence-corrected chi connectivity index (χ0v) is 9.23. The molecular weight excluding hydrogens is 190 g/mol. The van der Waals surface area contributed by atoms with E-state index in [2.05, 4.69) is 30.5 Å². The number of hydrogen-bond acceptors (Lipinski definition) is 2. The lowest BCUT2D eigenvalue weighted by Gasteiger charge is -1.98. The van der Waals surface area contributed by atoms with E-state index in [9.17, 15) is 0 Å². The van der Waals surface area contributed by atoms with Gasteiger partial charge in [0.05, 0.1) is 0 Å². The Balaban J connectivity index is 2.42. The molecule has 2 aromatic rings. The molecule has 1 nitrogen and oxygen atoms in total. The zero-order valence-electron chi connectivity index (χ0n) is 8.42. The van der Waals surface area contributed by atoms with Gasteiger partial charge in [0, 0.05) is 4.70 Å². The van der Waals surface area contributed by atoms with Crippen molar-refractivity contribution in [1.29, 1.82) is 0 Å². The molecule has 2 rings (SSSR count). The highest BCUT2D eigenvalue weighted by Gasteiger charge is 2.04. The van der Waals surface area contributed by atoms with Crippen LogP contribution in [0.15, 0.2) is 23.6 Å². The Morgan fingerprint density at radius 3 is 3.00 bits per heavy atom. The Morgan fingerprint density at radius 1 is 1.36 bits per heavy atom. The summed E-state index contributed by atoms with van der Waals surface area (Å²) in [5, 5.41) is 3.69. The van der Waals surface area contributed by atoms with Crippen LogP contribution in [0.25, 0.3) is 10.1 Å². The standard InChI is InChI=1S/C12H15NS/c1-9-4-2-6-11-10(5-3-7-13)8-14-12(9)11/h2,4,6,8H,3,5,7,13H2,1H3. The molecule has 0 aliphatic carbocycles. The number of rotatable bonds is 3. The first-order valence-corrected chi connectivity index (χ1v) is 5.86. The molecule has 14 heavy (non-hydrogen) atoms. The summed E-state index contributed by atoms with van der Waals surface area (Å²) in [6, 6.07) is 6.52. The molecule has 0 bridgehead atoms. The topological polar surface area (TPSA) is 26.0 Å². The highest BCUT2D eigenvalue weighted by Crippen LogP contribution is 2.29. The van der Waals surface area contributed by atoms with Crippen LogP contribution in [0.5, 0.6) is 0 Å². The average molecular weight is 205 g/mol. The minimum Gasteiger partial charge on any atom is -0.330 e. The predicted octanol–water partition coefficient (Wildman–Crippen LogP) is 3.10. The molecule has 2 N–H and O–H groups in total. The van der Waals surface area contributed by atoms with Gasteiger partial charge in [-0.25, -0.2) is 0 Å². The van der Waals surface area contributed by atoms with Gasteiger partial charge in [0.15, 0.2) is 0 Å². The largest absolute Gasteiger partial charge is 0.330 e. The van der Waals surface area contributed by atoms with Crippen LogP contribution in [0.1, 0.15) is 17.5 Å². The molecule has 1 heterocycles. The number of nitrogens with two attached hydrogens (primary N) is 1. The van der Waals surface area contributed by atoms with E-state index in [1.54, 1.807) is 0 Å². The maximum absolute atomic E-state index is 5.52. The Hall–Kier alpha value is -0.860. The molecule has 0 unspecified atom stereocenters. The monoisotopic (exact) mass is 205 g/mol. The molecular formula is C12H15NS. The summed E-state index contributed by atoms with van der Waals surface area (Å²) >= 11 is 1.85. The van der Waals surface area contributed by atoms with Gasteiger partial charge in [0.1, 0.15) is 0 Å². The van der Waals surface area contributed by atoms with E-state index in [0.717, 1.165) is 19.4 Å². The van der Waals surface area contributed by atoms with Crippen LogP contribution in [0.4, 0.5) is 0 Å². The van der Waals surface area contributed by atoms with Gasteiger partial charge in [0.2, 0.25) is 0 Å². The first-order chi connectivity index (χ1) is 6.83. The van der Waals surface area contributed by atoms with Crippen LogP contribution < -0.4 is 5.73 Å². The molecule has 0 spiro atoms. The summed E-state index contributed by atoms with van der Waals surface area (Å²) in [5.74, 6) is 0. The molecule has 0 fully saturated rings. The van der Waals surface area contributed by atoms with Crippen LogP contribution >= 0.6 is 11.3 Å². The quantitative estimate of drug-likeness (QED) is 0.818. The molecule has 0 aliphatic rings. The van der Waals surface area contributed by atoms with Crippen molar-refractivity contribution in [3.05, 3.63) is 34.7 Å². The fourth-order valence-electron chi connectivity index (χ4n) is 1.74. The van der Waals surface area contributed by atoms with E-state index in [-0.39, 0.29) is 0 Å². The van der Waals surface area contributed by atoms with E-state index >= 15 is 0 Å². The Kier molecular flexibility index (Phi) is 2.85. The normalized spacial score (nSPS) is 11.0. The maximum atomic E-state index is 5.52. The molecule has 0 saturated heterocycles. The highest BCUT2D eigenvalue weighted by molar-refractivity contribution is 7.17. The number of benzene rings is 1. The maximum Gasteiger partial charge on any atom is 0.0374 e. The second-order valence-corrected chi connectivity index (χ2v) is 4.48. The summed E-state index contributed by atoms with van der Waals surface area (Å²) in [7, 11) is 0. The lowest BCUT2D eigenvalue weighted by atomic mass is 10.1. The Labute approximate surface area is 88.6 Å². The molecule has 0 atom stereocenters. The van der Waals surface area contributed by atoms with Gasteiger partial charge in [-0.15, -0.1) is 11.3 Å². The highest BCUT2D eigenvalue weighted by atomic mass is 32.1. The third kappa shape index (κ3) is 1.68. The first kappa shape index (κ1) is 9.69. The van der Waals surface area contributed by atoms with Crippen molar-refractivity contribution >= 4 is 21.4 Å². The lowest BCUT2D eigenvalue weighted by molar-refractivity contribution is 0.839. The number of fused-ring (bicyclic) bond motifs is 1. The lowest BCUT2D eigenvalue weighted by Crippen LogP contribution is -1.99. The molecule has 1 aromatic carbocycles. The second kappa shape index (κ2) is 4.11. The van der Waals surface area contributed by atoms with Crippen molar-refractivity contribution in [2.45, 2.75) is 19.8 Å². The van der Waals surface area contributed by atoms with Crippen LogP contribution in [0.2, 0.25) is 0 Å². The molecule has 0 radical (unpaired) electrons. The van der Waals surface area contributed by atoms with E-state index < -0.39 is 0 Å². The minimum absolute atomic E-state index is 0.781. The second-order valence-electron chi connectivity index (χ2n) is 3.60. The van der Waals surface area contributed by atoms with E-state index in [4.69, 9.17) is 5.73 Å². The summed E-state index contributed by atoms with van der Waals surface area (Å²) in [6.07, 6.45) is 2.19. The smallest absolute Gasteiger partial charge is 0.0374 e. The third-order valence-corrected chi connectivity index (χ3v) is 3.71. The van der Waals surface area contributed by atoms with Gasteiger partial charge >= 0.3 is 0 Å². The van der Waals surface area contributed by atoms with E-state index in [1.807, 2.05) is 11.3 Å². The van der Waals surface area contributed by atoms with Crippen LogP contribution in [0.3, 0.4) is 0 Å². The van der Waals surface area contributed by atoms with Crippen molar-refractivity contribution in [1.82, 2.24) is 0 Å². The number of aryl methyl sites for hydroxylation is 2. The Bertz CT molecular complexity index is 431. The van der Waals surface area contributed by atoms with Crippen molar-refractivity contribution in [2.75, 3.05) is 6.54 Å². The molecule has 0 amide bonds. The number of hydrogen-bond donors (Lipinski definition) is 1. The van der Waals surface area contributed by atoms with Crippen LogP contribution in [0, 0.1) is 6.92 Å². The van der Waals surface area contributed by atoms with Gasteiger partial charge in [-0.3, -0.25) is 0 Å². The summed E-state index contributed by atoms with van der Waals surface area (Å²) in [4.78, 5) is 0. The molecule has 0 saturated carbocycles. The first-order valence-electron chi connectivity index (χ1n) is 4.98. The zero-order chi connectivity index (χ0) is 9.97. The third-order valence-electron chi connectivity index (χ3n) is 2.53. The van der Waals surface area contributed by atoms with Gasteiger partial charge in [-0.2, -0.15) is 0 Å². The molecule has 2 heteroatoms. The molecule has 74 valence electrons. The minimum atomic E-state index is 0.781. The van der Waals surface area contributed by atoms with Gasteiger partial charge in [0.25, 0.3) is 0 Å². The van der Waals surface area contributed by atoms with Gasteiger partial charge in [-0.05, 0) is 48.2 Å². The molecule has 0 aliphatic heterocycles. The summed E-state index contributed by atoms with van der Waals surface area (Å²) < 4.78 is 1.43. The van der Waals surface area contributed by atoms with Crippen molar-refractivity contribution in [2.24, 2.45) is 5.73 Å². The average Bonchev–Trinajstić information content (AvgIpc) is 2.60. The van der Waals surface area contributed by atoms with Gasteiger partial charge < -0.3 is 5.73 Å². The summed E-state index contributed by atoms with van der Waals surface area (Å²) in [6.45, 7) is 2.95. The fraction of sp³-hybridized carbons (Fsp3) is 0.333. The molecule has 1 aromatic heterocycles. The summed E-state index contributed by atoms with van der Waals surface area (Å²) in [5.41, 5.74) is 8.36. The van der Waals surface area contributed by atoms with Crippen molar-refractivity contribution in [3.8, 4) is 0 Å². The van der Waals surface area contributed by atoms with E-state index in [1.165, 1.54) is 21.2 Å². The SMILES string of the molecule is Cc1cccc2c(CCCN)csc12. The number of thiophene rings is 1. The Morgan fingerprint density at radius 2 is 2.21 bits per heavy atom. The van der Waals surface area contributed by atoms with Crippen molar-refractivity contribution < 1.29 is 0 Å². The fourth-order valence-corrected chi connectivity index (χ4v) is 2.83.